The minimum absolute atomic E-state index is 0.0445. The zero-order chi connectivity index (χ0) is 34.3. The van der Waals surface area contributed by atoms with Gasteiger partial charge in [-0.15, -0.1) is 0 Å². The van der Waals surface area contributed by atoms with Crippen molar-refractivity contribution in [3.63, 3.8) is 0 Å². The topological polar surface area (TPSA) is 213 Å². The van der Waals surface area contributed by atoms with E-state index in [1.54, 1.807) is 12.1 Å². The van der Waals surface area contributed by atoms with Gasteiger partial charge in [0.25, 0.3) is 0 Å². The number of carbonyl (C=O) groups is 1. The summed E-state index contributed by atoms with van der Waals surface area (Å²) in [6.07, 6.45) is 2.61. The van der Waals surface area contributed by atoms with Gasteiger partial charge in [0.2, 0.25) is 5.78 Å². The number of aliphatic imine (C=N–C) groups is 1. The summed E-state index contributed by atoms with van der Waals surface area (Å²) in [6, 6.07) is 14.4. The summed E-state index contributed by atoms with van der Waals surface area (Å²) in [5.41, 5.74) is 3.50. The van der Waals surface area contributed by atoms with Crippen LogP contribution in [-0.2, 0) is 4.79 Å². The van der Waals surface area contributed by atoms with E-state index in [2.05, 4.69) is 20.9 Å². The van der Waals surface area contributed by atoms with Gasteiger partial charge in [0, 0.05) is 48.6 Å². The molecular formula is C33H48N6O8. The third-order valence-corrected chi connectivity index (χ3v) is 7.92. The van der Waals surface area contributed by atoms with Gasteiger partial charge in [0.1, 0.15) is 37.6 Å². The lowest BCUT2D eigenvalue weighted by molar-refractivity contribution is -0.881. The molecule has 0 fully saturated rings. The van der Waals surface area contributed by atoms with Crippen molar-refractivity contribution in [2.24, 2.45) is 4.99 Å². The average Bonchev–Trinajstić information content (AvgIpc) is 3.04. The molecule has 1 aliphatic rings. The summed E-state index contributed by atoms with van der Waals surface area (Å²) in [6.45, 7) is 2.42. The largest absolute Gasteiger partial charge is 0.633 e. The van der Waals surface area contributed by atoms with Crippen molar-refractivity contribution < 1.29 is 39.6 Å². The maximum atomic E-state index is 12.9. The molecule has 3 rings (SSSR count). The van der Waals surface area contributed by atoms with Crippen LogP contribution in [-0.4, -0.2) is 125 Å². The van der Waals surface area contributed by atoms with E-state index in [9.17, 15) is 20.3 Å². The van der Waals surface area contributed by atoms with E-state index in [4.69, 9.17) is 20.4 Å². The zero-order valence-electron chi connectivity index (χ0n) is 26.9. The number of quaternary nitrogens is 2. The smallest absolute Gasteiger partial charge is 0.210 e. The van der Waals surface area contributed by atoms with Gasteiger partial charge in [-0.25, -0.2) is 4.99 Å². The minimum Gasteiger partial charge on any atom is -0.633 e. The van der Waals surface area contributed by atoms with Crippen LogP contribution in [0.4, 0.5) is 22.7 Å². The number of carbonyl (C=O) groups excluding carboxylic acids is 1. The summed E-state index contributed by atoms with van der Waals surface area (Å²) in [5.74, 6) is -0.558. The van der Waals surface area contributed by atoms with Crippen molar-refractivity contribution in [3.8, 4) is 0 Å². The minimum atomic E-state index is -0.639. The fourth-order valence-corrected chi connectivity index (χ4v) is 5.17. The maximum Gasteiger partial charge on any atom is 0.210 e. The fourth-order valence-electron chi connectivity index (χ4n) is 5.17. The Morgan fingerprint density at radius 3 is 1.55 bits per heavy atom. The van der Waals surface area contributed by atoms with Crippen LogP contribution in [0.15, 0.2) is 76.6 Å². The second-order valence-electron chi connectivity index (χ2n) is 11.5. The lowest BCUT2D eigenvalue weighted by Crippen LogP contribution is -2.47. The number of anilines is 3. The normalized spacial score (nSPS) is 14.8. The van der Waals surface area contributed by atoms with Gasteiger partial charge < -0.3 is 61.2 Å². The number of aliphatic hydroxyl groups excluding tert-OH is 5. The van der Waals surface area contributed by atoms with Crippen LogP contribution >= 0.6 is 0 Å². The summed E-state index contributed by atoms with van der Waals surface area (Å²) < 4.78 is -1.27. The molecule has 0 unspecified atom stereocenters. The van der Waals surface area contributed by atoms with Crippen LogP contribution in [0.5, 0.6) is 0 Å². The van der Waals surface area contributed by atoms with Crippen LogP contribution in [0.2, 0.25) is 0 Å². The molecule has 0 heterocycles. The van der Waals surface area contributed by atoms with Crippen molar-refractivity contribution in [3.05, 3.63) is 82.1 Å². The summed E-state index contributed by atoms with van der Waals surface area (Å²) >= 11 is 0. The van der Waals surface area contributed by atoms with Crippen molar-refractivity contribution in [1.29, 1.82) is 0 Å². The highest BCUT2D eigenvalue weighted by atomic mass is 16.6. The number of hydrogen-bond acceptors (Lipinski definition) is 12. The van der Waals surface area contributed by atoms with E-state index >= 15 is 0 Å². The van der Waals surface area contributed by atoms with E-state index in [0.717, 1.165) is 11.4 Å². The van der Waals surface area contributed by atoms with Gasteiger partial charge in [-0.1, -0.05) is 0 Å². The molecule has 0 atom stereocenters. The zero-order valence-corrected chi connectivity index (χ0v) is 26.9. The van der Waals surface area contributed by atoms with Gasteiger partial charge in [-0.3, -0.25) is 4.79 Å². The summed E-state index contributed by atoms with van der Waals surface area (Å²) in [5, 5.41) is 81.9. The van der Waals surface area contributed by atoms with Crippen molar-refractivity contribution in [2.75, 3.05) is 94.7 Å². The molecule has 0 saturated carbocycles. The Morgan fingerprint density at radius 2 is 1.11 bits per heavy atom. The molecule has 258 valence electrons. The molecule has 0 spiro atoms. The molecule has 0 aliphatic heterocycles. The van der Waals surface area contributed by atoms with Crippen LogP contribution < -0.4 is 16.0 Å². The van der Waals surface area contributed by atoms with Gasteiger partial charge >= 0.3 is 0 Å². The predicted molar refractivity (Wildman–Crippen MR) is 183 cm³/mol. The molecule has 0 radical (unpaired) electrons. The molecule has 0 saturated heterocycles. The van der Waals surface area contributed by atoms with Gasteiger partial charge in [-0.05, 0) is 61.5 Å². The first-order valence-corrected chi connectivity index (χ1v) is 15.8. The number of nitrogens with zero attached hydrogens (tertiary/aromatic N) is 3. The Hall–Kier alpha value is -3.86. The summed E-state index contributed by atoms with van der Waals surface area (Å²) in [7, 11) is 0. The highest BCUT2D eigenvalue weighted by molar-refractivity contribution is 6.51. The summed E-state index contributed by atoms with van der Waals surface area (Å²) in [4.78, 5) is 17.4. The van der Waals surface area contributed by atoms with E-state index in [1.807, 2.05) is 36.4 Å². The highest BCUT2D eigenvalue weighted by Crippen LogP contribution is 2.25. The second kappa shape index (κ2) is 18.5. The van der Waals surface area contributed by atoms with Crippen molar-refractivity contribution in [1.82, 2.24) is 0 Å². The first-order chi connectivity index (χ1) is 22.5. The molecular weight excluding hydrogens is 608 g/mol. The average molecular weight is 657 g/mol. The molecule has 47 heavy (non-hydrogen) atoms. The van der Waals surface area contributed by atoms with Crippen LogP contribution in [0, 0.1) is 10.4 Å². The molecule has 1 aliphatic carbocycles. The Bertz CT molecular complexity index is 1370. The maximum absolute atomic E-state index is 12.9. The van der Waals surface area contributed by atoms with Crippen LogP contribution in [0.25, 0.3) is 0 Å². The molecule has 8 N–H and O–H groups in total. The Labute approximate surface area is 275 Å². The van der Waals surface area contributed by atoms with Gasteiger partial charge in [-0.2, -0.15) is 0 Å². The number of rotatable bonds is 21. The molecule has 2 aromatic rings. The first kappa shape index (κ1) is 37.6. The SMILES string of the molecule is CC1=C(O)C(Nc2ccc(NCCC[N+]([O-])(CCO)CCO)cc2)=CC(=Nc2ccc(NCCC[N+]([O-])(CCO)CCO)cc2)C1=O. The third kappa shape index (κ3) is 11.7. The lowest BCUT2D eigenvalue weighted by Gasteiger charge is -2.42. The molecule has 14 nitrogen and oxygen atoms in total. The number of allylic oxidation sites excluding steroid dienone is 2. The molecule has 2 aromatic carbocycles. The van der Waals surface area contributed by atoms with Crippen molar-refractivity contribution in [2.45, 2.75) is 19.8 Å². The van der Waals surface area contributed by atoms with E-state index in [1.165, 1.54) is 13.0 Å². The number of hydroxylamine groups is 6. The monoisotopic (exact) mass is 656 g/mol. The standard InChI is InChI=1S/C33H48N6O8/c1-25-32(44)30(36-28-8-4-26(5-9-28)34-12-2-14-38(46,16-20-40)17-21-41)24-31(33(25)45)37-29-10-6-27(7-11-29)35-13-3-15-39(47,18-22-42)19-23-43/h4-11,24,34-36,40-44H,2-3,12-23H2,1H3. The number of benzene rings is 2. The number of ketones is 1. The number of hydrogen-bond donors (Lipinski definition) is 8. The Balaban J connectivity index is 1.57. The van der Waals surface area contributed by atoms with Crippen molar-refractivity contribution >= 4 is 34.2 Å². The van der Waals surface area contributed by atoms with E-state index in [-0.39, 0.29) is 82.7 Å². The number of nitrogens with one attached hydrogen (secondary N) is 3. The number of aliphatic hydroxyl groups is 5. The molecule has 0 amide bonds. The second-order valence-corrected chi connectivity index (χ2v) is 11.5. The fraction of sp³-hybridized carbons (Fsp3) is 0.455. The third-order valence-electron chi connectivity index (χ3n) is 7.92. The van der Waals surface area contributed by atoms with E-state index in [0.29, 0.717) is 43.0 Å². The van der Waals surface area contributed by atoms with Crippen LogP contribution in [0.3, 0.4) is 0 Å². The van der Waals surface area contributed by atoms with E-state index < -0.39 is 15.1 Å². The number of Topliss-reactive ketones (excluding diaryl/α,β-unsaturated/α-hetero) is 1. The molecule has 0 aromatic heterocycles. The Morgan fingerprint density at radius 1 is 0.681 bits per heavy atom. The van der Waals surface area contributed by atoms with Gasteiger partial charge in [0.15, 0.2) is 0 Å². The first-order valence-electron chi connectivity index (χ1n) is 15.8. The van der Waals surface area contributed by atoms with Gasteiger partial charge in [0.05, 0.1) is 50.9 Å². The Kier molecular flexibility index (Phi) is 14.8. The lowest BCUT2D eigenvalue weighted by atomic mass is 9.99. The quantitative estimate of drug-likeness (QED) is 0.0423. The van der Waals surface area contributed by atoms with Crippen LogP contribution in [0.1, 0.15) is 19.8 Å². The molecule has 14 heteroatoms. The predicted octanol–water partition coefficient (Wildman–Crippen LogP) is 2.37. The highest BCUT2D eigenvalue weighted by Gasteiger charge is 2.24. The molecule has 0 bridgehead atoms.